The van der Waals surface area contributed by atoms with Gasteiger partial charge < -0.3 is 24.4 Å². The van der Waals surface area contributed by atoms with Crippen molar-refractivity contribution in [3.8, 4) is 17.2 Å². The summed E-state index contributed by atoms with van der Waals surface area (Å²) in [5, 5.41) is 15.2. The van der Waals surface area contributed by atoms with Crippen LogP contribution in [0.3, 0.4) is 0 Å². The lowest BCUT2D eigenvalue weighted by Gasteiger charge is -2.28. The SMILES string of the molecule is CCN(CC)CCOc1ccc2c(c1)CCNC2c1cc(OC)c(OC)cc1[N+](=O)[O-]. The fourth-order valence-corrected chi connectivity index (χ4v) is 4.01. The van der Waals surface area contributed by atoms with E-state index >= 15 is 0 Å². The Morgan fingerprint density at radius 2 is 1.81 bits per heavy atom. The first kappa shape index (κ1) is 22.8. The average molecular weight is 430 g/mol. The van der Waals surface area contributed by atoms with Gasteiger partial charge in [-0.25, -0.2) is 0 Å². The first-order valence-electron chi connectivity index (χ1n) is 10.6. The zero-order chi connectivity index (χ0) is 22.4. The molecular formula is C23H31N3O5. The predicted molar refractivity (Wildman–Crippen MR) is 119 cm³/mol. The Hall–Kier alpha value is -2.84. The molecule has 0 saturated carbocycles. The highest BCUT2D eigenvalue weighted by Gasteiger charge is 2.30. The van der Waals surface area contributed by atoms with Gasteiger partial charge in [-0.15, -0.1) is 0 Å². The quantitative estimate of drug-likeness (QED) is 0.456. The summed E-state index contributed by atoms with van der Waals surface area (Å²) in [6.07, 6.45) is 0.833. The first-order chi connectivity index (χ1) is 15.0. The van der Waals surface area contributed by atoms with E-state index in [4.69, 9.17) is 14.2 Å². The molecule has 0 saturated heterocycles. The van der Waals surface area contributed by atoms with Crippen LogP contribution < -0.4 is 19.5 Å². The molecular weight excluding hydrogens is 398 g/mol. The van der Waals surface area contributed by atoms with Crippen LogP contribution >= 0.6 is 0 Å². The number of benzene rings is 2. The Labute approximate surface area is 183 Å². The van der Waals surface area contributed by atoms with Crippen molar-refractivity contribution in [2.24, 2.45) is 0 Å². The Kier molecular flexibility index (Phi) is 7.70. The lowest BCUT2D eigenvalue weighted by molar-refractivity contribution is -0.385. The molecule has 1 aliphatic rings. The number of fused-ring (bicyclic) bond motifs is 1. The van der Waals surface area contributed by atoms with Gasteiger partial charge in [0.15, 0.2) is 11.5 Å². The van der Waals surface area contributed by atoms with Gasteiger partial charge in [0.1, 0.15) is 12.4 Å². The minimum Gasteiger partial charge on any atom is -0.493 e. The number of rotatable bonds is 10. The van der Waals surface area contributed by atoms with Crippen molar-refractivity contribution in [2.75, 3.05) is 47.0 Å². The molecule has 0 aliphatic carbocycles. The molecule has 168 valence electrons. The molecule has 0 fully saturated rings. The highest BCUT2D eigenvalue weighted by molar-refractivity contribution is 5.58. The largest absolute Gasteiger partial charge is 0.493 e. The van der Waals surface area contributed by atoms with Crippen LogP contribution in [0.1, 0.15) is 36.6 Å². The standard InChI is InChI=1S/C23H31N3O5/c1-5-25(6-2)11-12-31-17-7-8-18-16(13-17)9-10-24-23(18)19-14-21(29-3)22(30-4)15-20(19)26(27)28/h7-8,13-15,23-24H,5-6,9-12H2,1-4H3. The molecule has 1 atom stereocenters. The van der Waals surface area contributed by atoms with Gasteiger partial charge in [-0.1, -0.05) is 19.9 Å². The molecule has 0 spiro atoms. The monoisotopic (exact) mass is 429 g/mol. The molecule has 1 heterocycles. The summed E-state index contributed by atoms with van der Waals surface area (Å²) in [7, 11) is 2.99. The van der Waals surface area contributed by atoms with Crippen LogP contribution in [-0.4, -0.2) is 56.8 Å². The molecule has 8 nitrogen and oxygen atoms in total. The van der Waals surface area contributed by atoms with E-state index in [2.05, 4.69) is 30.1 Å². The van der Waals surface area contributed by atoms with E-state index in [0.717, 1.165) is 42.9 Å². The predicted octanol–water partition coefficient (Wildman–Crippen LogP) is 3.57. The minimum absolute atomic E-state index is 0.00236. The van der Waals surface area contributed by atoms with Crippen LogP contribution in [0.25, 0.3) is 0 Å². The Bertz CT molecular complexity index is 914. The topological polar surface area (TPSA) is 86.1 Å². The van der Waals surface area contributed by atoms with Crippen LogP contribution in [0.4, 0.5) is 5.69 Å². The molecule has 0 bridgehead atoms. The number of methoxy groups -OCH3 is 2. The number of nitro groups is 1. The third-order valence-electron chi connectivity index (χ3n) is 5.78. The molecule has 0 amide bonds. The maximum atomic E-state index is 11.8. The Morgan fingerprint density at radius 3 is 2.45 bits per heavy atom. The molecule has 1 aliphatic heterocycles. The summed E-state index contributed by atoms with van der Waals surface area (Å²) >= 11 is 0. The second kappa shape index (κ2) is 10.5. The molecule has 0 radical (unpaired) electrons. The third kappa shape index (κ3) is 5.08. The molecule has 31 heavy (non-hydrogen) atoms. The van der Waals surface area contributed by atoms with Crippen molar-refractivity contribution in [1.29, 1.82) is 0 Å². The highest BCUT2D eigenvalue weighted by Crippen LogP contribution is 2.41. The zero-order valence-corrected chi connectivity index (χ0v) is 18.6. The van der Waals surface area contributed by atoms with Crippen molar-refractivity contribution in [1.82, 2.24) is 10.2 Å². The fraction of sp³-hybridized carbons (Fsp3) is 0.478. The van der Waals surface area contributed by atoms with E-state index in [1.54, 1.807) is 6.07 Å². The van der Waals surface area contributed by atoms with Gasteiger partial charge in [0.05, 0.1) is 36.8 Å². The molecule has 0 aromatic heterocycles. The van der Waals surface area contributed by atoms with Crippen LogP contribution in [0.2, 0.25) is 0 Å². The van der Waals surface area contributed by atoms with Crippen molar-refractivity contribution in [2.45, 2.75) is 26.3 Å². The molecule has 1 N–H and O–H groups in total. The minimum atomic E-state index is -0.377. The van der Waals surface area contributed by atoms with Crippen LogP contribution in [0.5, 0.6) is 17.2 Å². The summed E-state index contributed by atoms with van der Waals surface area (Å²) in [4.78, 5) is 13.7. The van der Waals surface area contributed by atoms with Gasteiger partial charge in [0.25, 0.3) is 5.69 Å². The number of likely N-dealkylation sites (N-methyl/N-ethyl adjacent to an activating group) is 1. The maximum Gasteiger partial charge on any atom is 0.278 e. The van der Waals surface area contributed by atoms with Gasteiger partial charge in [-0.2, -0.15) is 0 Å². The van der Waals surface area contributed by atoms with E-state index in [-0.39, 0.29) is 16.7 Å². The molecule has 8 heteroatoms. The number of nitrogens with one attached hydrogen (secondary N) is 1. The van der Waals surface area contributed by atoms with Crippen LogP contribution in [0, 0.1) is 10.1 Å². The van der Waals surface area contributed by atoms with Gasteiger partial charge >= 0.3 is 0 Å². The van der Waals surface area contributed by atoms with Crippen molar-refractivity contribution < 1.29 is 19.1 Å². The van der Waals surface area contributed by atoms with Gasteiger partial charge in [-0.05, 0) is 48.8 Å². The first-order valence-corrected chi connectivity index (χ1v) is 10.6. The van der Waals surface area contributed by atoms with Gasteiger partial charge in [0.2, 0.25) is 0 Å². The number of hydrogen-bond acceptors (Lipinski definition) is 7. The van der Waals surface area contributed by atoms with Crippen molar-refractivity contribution in [3.05, 3.63) is 57.1 Å². The molecule has 3 rings (SSSR count). The Morgan fingerprint density at radius 1 is 1.10 bits per heavy atom. The normalized spacial score (nSPS) is 15.5. The summed E-state index contributed by atoms with van der Waals surface area (Å²) in [5.74, 6) is 1.63. The van der Waals surface area contributed by atoms with E-state index < -0.39 is 0 Å². The molecule has 2 aromatic rings. The third-order valence-corrected chi connectivity index (χ3v) is 5.78. The van der Waals surface area contributed by atoms with E-state index in [1.165, 1.54) is 20.3 Å². The second-order valence-electron chi connectivity index (χ2n) is 7.40. The van der Waals surface area contributed by atoms with Crippen LogP contribution in [-0.2, 0) is 6.42 Å². The van der Waals surface area contributed by atoms with Gasteiger partial charge in [-0.3, -0.25) is 10.1 Å². The Balaban J connectivity index is 1.89. The summed E-state index contributed by atoms with van der Waals surface area (Å²) < 4.78 is 16.6. The smallest absolute Gasteiger partial charge is 0.278 e. The van der Waals surface area contributed by atoms with Crippen molar-refractivity contribution in [3.63, 3.8) is 0 Å². The average Bonchev–Trinajstić information content (AvgIpc) is 2.80. The maximum absolute atomic E-state index is 11.8. The number of hydrogen-bond donors (Lipinski definition) is 1. The van der Waals surface area contributed by atoms with E-state index in [1.807, 2.05) is 12.1 Å². The fourth-order valence-electron chi connectivity index (χ4n) is 4.01. The van der Waals surface area contributed by atoms with E-state index in [0.29, 0.717) is 30.2 Å². The lowest BCUT2D eigenvalue weighted by Crippen LogP contribution is -2.31. The summed E-state index contributed by atoms with van der Waals surface area (Å²) in [6, 6.07) is 8.80. The second-order valence-corrected chi connectivity index (χ2v) is 7.40. The summed E-state index contributed by atoms with van der Waals surface area (Å²) in [6.45, 7) is 8.51. The number of ether oxygens (including phenoxy) is 3. The van der Waals surface area contributed by atoms with Gasteiger partial charge in [0, 0.05) is 13.1 Å². The lowest BCUT2D eigenvalue weighted by atomic mass is 9.88. The summed E-state index contributed by atoms with van der Waals surface area (Å²) in [5.41, 5.74) is 2.70. The van der Waals surface area contributed by atoms with Crippen molar-refractivity contribution >= 4 is 5.69 Å². The van der Waals surface area contributed by atoms with Crippen LogP contribution in [0.15, 0.2) is 30.3 Å². The number of nitrogens with zero attached hydrogens (tertiary/aromatic N) is 2. The highest BCUT2D eigenvalue weighted by atomic mass is 16.6. The number of nitro benzene ring substituents is 1. The van der Waals surface area contributed by atoms with E-state index in [9.17, 15) is 10.1 Å². The molecule has 1 unspecified atom stereocenters. The molecule has 2 aromatic carbocycles. The zero-order valence-electron chi connectivity index (χ0n) is 18.6.